The van der Waals surface area contributed by atoms with Gasteiger partial charge in [-0.1, -0.05) is 11.6 Å². The molecule has 0 aliphatic heterocycles. The Morgan fingerprint density at radius 3 is 2.83 bits per heavy atom. The van der Waals surface area contributed by atoms with E-state index in [1.54, 1.807) is 4.57 Å². The summed E-state index contributed by atoms with van der Waals surface area (Å²) in [6.45, 7) is 2.37. The molecule has 12 heteroatoms. The van der Waals surface area contributed by atoms with Gasteiger partial charge in [0.1, 0.15) is 4.21 Å². The molecule has 0 unspecified atom stereocenters. The van der Waals surface area contributed by atoms with Gasteiger partial charge in [-0.3, -0.25) is 9.89 Å². The fraction of sp³-hybridized carbons (Fsp3) is 0.417. The van der Waals surface area contributed by atoms with Gasteiger partial charge in [0.05, 0.1) is 17.4 Å². The molecule has 0 aliphatic rings. The van der Waals surface area contributed by atoms with E-state index in [9.17, 15) is 13.2 Å². The van der Waals surface area contributed by atoms with Gasteiger partial charge in [-0.25, -0.2) is 8.42 Å². The number of H-pyrrole nitrogens is 1. The average molecular weight is 410 g/mol. The van der Waals surface area contributed by atoms with Crippen LogP contribution < -0.4 is 5.32 Å². The quantitative estimate of drug-likeness (QED) is 0.676. The Morgan fingerprint density at radius 2 is 2.25 bits per heavy atom. The first kappa shape index (κ1) is 19.1. The van der Waals surface area contributed by atoms with Crippen LogP contribution in [0.2, 0.25) is 4.34 Å². The van der Waals surface area contributed by atoms with Crippen molar-refractivity contribution in [2.45, 2.75) is 24.2 Å². The lowest BCUT2D eigenvalue weighted by Crippen LogP contribution is -2.38. The number of halogens is 1. The number of nitrogens with one attached hydrogen (secondary N) is 2. The summed E-state index contributed by atoms with van der Waals surface area (Å²) in [6.07, 6.45) is 0. The highest BCUT2D eigenvalue weighted by atomic mass is 35.5. The number of hydrogen-bond donors (Lipinski definition) is 2. The van der Waals surface area contributed by atoms with Crippen molar-refractivity contribution in [3.63, 3.8) is 0 Å². The zero-order valence-electron chi connectivity index (χ0n) is 12.9. The molecule has 8 nitrogen and oxygen atoms in total. The summed E-state index contributed by atoms with van der Waals surface area (Å²) in [6, 6.07) is 2.91. The number of amides is 1. The van der Waals surface area contributed by atoms with Gasteiger partial charge in [-0.15, -0.1) is 11.3 Å². The van der Waals surface area contributed by atoms with E-state index >= 15 is 0 Å². The van der Waals surface area contributed by atoms with Crippen LogP contribution in [-0.2, 0) is 27.9 Å². The van der Waals surface area contributed by atoms with Crippen molar-refractivity contribution in [2.75, 3.05) is 13.6 Å². The molecule has 0 atom stereocenters. The topological polar surface area (TPSA) is 100 Å². The maximum absolute atomic E-state index is 12.3. The third-order valence-corrected chi connectivity index (χ3v) is 6.99. The normalized spacial score (nSPS) is 11.8. The van der Waals surface area contributed by atoms with Crippen LogP contribution in [-0.4, -0.2) is 47.0 Å². The maximum Gasteiger partial charge on any atom is 0.252 e. The second kappa shape index (κ2) is 7.74. The van der Waals surface area contributed by atoms with Crippen LogP contribution in [0.3, 0.4) is 0 Å². The largest absolute Gasteiger partial charge is 0.348 e. The Morgan fingerprint density at radius 1 is 1.54 bits per heavy atom. The molecule has 1 amide bonds. The number of nitrogens with zero attached hydrogens (tertiary/aromatic N) is 3. The SMILES string of the molecule is CCn1c(CNC(=O)CN(C)S(=O)(=O)c2ccc(Cl)s2)n[nH]c1=S. The van der Waals surface area contributed by atoms with Crippen molar-refractivity contribution >= 4 is 51.1 Å². The number of carbonyl (C=O) groups excluding carboxylic acids is 1. The second-order valence-electron chi connectivity index (χ2n) is 4.79. The van der Waals surface area contributed by atoms with Crippen molar-refractivity contribution in [1.82, 2.24) is 24.4 Å². The first-order valence-electron chi connectivity index (χ1n) is 6.88. The van der Waals surface area contributed by atoms with Gasteiger partial charge in [0.25, 0.3) is 10.0 Å². The van der Waals surface area contributed by atoms with Gasteiger partial charge in [-0.05, 0) is 31.3 Å². The molecule has 132 valence electrons. The Kier molecular flexibility index (Phi) is 6.15. The van der Waals surface area contributed by atoms with E-state index in [-0.39, 0.29) is 17.3 Å². The monoisotopic (exact) mass is 409 g/mol. The van der Waals surface area contributed by atoms with Crippen molar-refractivity contribution in [2.24, 2.45) is 0 Å². The first-order chi connectivity index (χ1) is 11.3. The van der Waals surface area contributed by atoms with E-state index in [4.69, 9.17) is 23.8 Å². The van der Waals surface area contributed by atoms with E-state index in [0.29, 0.717) is 21.5 Å². The molecule has 0 radical (unpaired) electrons. The molecular formula is C12H16ClN5O3S3. The summed E-state index contributed by atoms with van der Waals surface area (Å²) in [5.74, 6) is 0.131. The van der Waals surface area contributed by atoms with Crippen LogP contribution in [0.4, 0.5) is 0 Å². The van der Waals surface area contributed by atoms with Gasteiger partial charge in [0.15, 0.2) is 10.6 Å². The molecule has 0 fully saturated rings. The van der Waals surface area contributed by atoms with E-state index in [1.807, 2.05) is 6.92 Å². The molecule has 2 heterocycles. The number of carbonyl (C=O) groups is 1. The molecule has 24 heavy (non-hydrogen) atoms. The summed E-state index contributed by atoms with van der Waals surface area (Å²) in [5.41, 5.74) is 0. The lowest BCUT2D eigenvalue weighted by atomic mass is 10.5. The predicted octanol–water partition coefficient (Wildman–Crippen LogP) is 1.61. The van der Waals surface area contributed by atoms with E-state index in [2.05, 4.69) is 15.5 Å². The van der Waals surface area contributed by atoms with Crippen LogP contribution in [0, 0.1) is 4.77 Å². The summed E-state index contributed by atoms with van der Waals surface area (Å²) in [7, 11) is -2.40. The lowest BCUT2D eigenvalue weighted by Gasteiger charge is -2.15. The summed E-state index contributed by atoms with van der Waals surface area (Å²) in [4.78, 5) is 12.0. The maximum atomic E-state index is 12.3. The number of rotatable bonds is 7. The molecule has 0 saturated carbocycles. The highest BCUT2D eigenvalue weighted by Gasteiger charge is 2.24. The van der Waals surface area contributed by atoms with Crippen molar-refractivity contribution in [1.29, 1.82) is 0 Å². The lowest BCUT2D eigenvalue weighted by molar-refractivity contribution is -0.121. The third kappa shape index (κ3) is 4.22. The summed E-state index contributed by atoms with van der Waals surface area (Å²) < 4.78 is 28.3. The van der Waals surface area contributed by atoms with Gasteiger partial charge < -0.3 is 9.88 Å². The fourth-order valence-electron chi connectivity index (χ4n) is 1.92. The van der Waals surface area contributed by atoms with Crippen LogP contribution in [0.25, 0.3) is 0 Å². The highest BCUT2D eigenvalue weighted by Crippen LogP contribution is 2.27. The minimum absolute atomic E-state index is 0.0923. The minimum atomic E-state index is -3.74. The smallest absolute Gasteiger partial charge is 0.252 e. The Hall–Kier alpha value is -1.27. The van der Waals surface area contributed by atoms with Gasteiger partial charge in [-0.2, -0.15) is 9.40 Å². The molecule has 0 spiro atoms. The molecule has 2 N–H and O–H groups in total. The fourth-order valence-corrected chi connectivity index (χ4v) is 5.02. The van der Waals surface area contributed by atoms with Gasteiger partial charge >= 0.3 is 0 Å². The third-order valence-electron chi connectivity index (χ3n) is 3.18. The second-order valence-corrected chi connectivity index (χ2v) is 9.16. The number of aromatic nitrogens is 3. The number of likely N-dealkylation sites (N-methyl/N-ethyl adjacent to an activating group) is 1. The molecule has 2 aromatic rings. The van der Waals surface area contributed by atoms with Gasteiger partial charge in [0, 0.05) is 13.6 Å². The summed E-state index contributed by atoms with van der Waals surface area (Å²) >= 11 is 11.8. The van der Waals surface area contributed by atoms with E-state index in [1.165, 1.54) is 19.2 Å². The average Bonchev–Trinajstić information content (AvgIpc) is 3.11. The summed E-state index contributed by atoms with van der Waals surface area (Å²) in [5, 5.41) is 9.30. The molecule has 0 aliphatic carbocycles. The van der Waals surface area contributed by atoms with Crippen molar-refractivity contribution in [3.8, 4) is 0 Å². The zero-order valence-corrected chi connectivity index (χ0v) is 16.2. The molecule has 0 saturated heterocycles. The molecule has 2 aromatic heterocycles. The Labute approximate surface area is 153 Å². The van der Waals surface area contributed by atoms with Gasteiger partial charge in [0.2, 0.25) is 5.91 Å². The predicted molar refractivity (Wildman–Crippen MR) is 94.1 cm³/mol. The van der Waals surface area contributed by atoms with Crippen molar-refractivity contribution in [3.05, 3.63) is 27.1 Å². The number of sulfonamides is 1. The van der Waals surface area contributed by atoms with Crippen molar-refractivity contribution < 1.29 is 13.2 Å². The first-order valence-corrected chi connectivity index (χ1v) is 9.92. The standard InChI is InChI=1S/C12H16ClN5O3S3/c1-3-18-9(15-16-12(18)22)6-14-10(19)7-17(2)24(20,21)11-5-4-8(13)23-11/h4-5H,3,6-7H2,1-2H3,(H,14,19)(H,16,22). The molecule has 0 bridgehead atoms. The van der Waals surface area contributed by atoms with Crippen LogP contribution in [0.5, 0.6) is 0 Å². The minimum Gasteiger partial charge on any atom is -0.348 e. The number of thiophene rings is 1. The molecular weight excluding hydrogens is 394 g/mol. The van der Waals surface area contributed by atoms with Crippen LogP contribution in [0.15, 0.2) is 16.3 Å². The van der Waals surface area contributed by atoms with E-state index < -0.39 is 15.9 Å². The van der Waals surface area contributed by atoms with Crippen LogP contribution >= 0.6 is 35.2 Å². The van der Waals surface area contributed by atoms with Crippen LogP contribution in [0.1, 0.15) is 12.7 Å². The Balaban J connectivity index is 1.98. The molecule has 0 aromatic carbocycles. The zero-order chi connectivity index (χ0) is 17.9. The highest BCUT2D eigenvalue weighted by molar-refractivity contribution is 7.91. The number of aromatic amines is 1. The van der Waals surface area contributed by atoms with E-state index in [0.717, 1.165) is 15.6 Å². The number of hydrogen-bond acceptors (Lipinski definition) is 6. The molecule has 2 rings (SSSR count). The Bertz CT molecular complexity index is 886.